The zero-order chi connectivity index (χ0) is 13.3. The van der Waals surface area contributed by atoms with Crippen molar-refractivity contribution in [1.82, 2.24) is 9.78 Å². The monoisotopic (exact) mass is 249 g/mol. The summed E-state index contributed by atoms with van der Waals surface area (Å²) in [7, 11) is 1.92. The van der Waals surface area contributed by atoms with E-state index in [0.717, 1.165) is 48.3 Å². The summed E-state index contributed by atoms with van der Waals surface area (Å²) < 4.78 is 1.84. The summed E-state index contributed by atoms with van der Waals surface area (Å²) >= 11 is 0. The maximum absolute atomic E-state index is 11.2. The third-order valence-electron chi connectivity index (χ3n) is 4.14. The van der Waals surface area contributed by atoms with Crippen LogP contribution in [-0.4, -0.2) is 29.2 Å². The number of rotatable bonds is 3. The van der Waals surface area contributed by atoms with Crippen molar-refractivity contribution in [2.24, 2.45) is 18.9 Å². The predicted molar refractivity (Wildman–Crippen MR) is 73.1 cm³/mol. The van der Waals surface area contributed by atoms with E-state index in [2.05, 4.69) is 23.8 Å². The van der Waals surface area contributed by atoms with Crippen molar-refractivity contribution in [3.05, 3.63) is 11.3 Å². The fourth-order valence-electron chi connectivity index (χ4n) is 2.95. The predicted octanol–water partition coefficient (Wildman–Crippen LogP) is 2.41. The van der Waals surface area contributed by atoms with Crippen LogP contribution >= 0.6 is 0 Å². The fourth-order valence-corrected chi connectivity index (χ4v) is 2.95. The molecule has 0 spiro atoms. The van der Waals surface area contributed by atoms with Crippen molar-refractivity contribution in [3.8, 4) is 0 Å². The maximum Gasteiger partial charge on any atom is 0.155 e. The number of nitrogens with zero attached hydrogens (tertiary/aromatic N) is 3. The molecule has 100 valence electrons. The molecule has 1 fully saturated rings. The topological polar surface area (TPSA) is 38.1 Å². The highest BCUT2D eigenvalue weighted by molar-refractivity contribution is 5.84. The van der Waals surface area contributed by atoms with Gasteiger partial charge >= 0.3 is 0 Å². The maximum atomic E-state index is 11.2. The second-order valence-corrected chi connectivity index (χ2v) is 5.63. The molecule has 0 aromatic carbocycles. The van der Waals surface area contributed by atoms with E-state index in [9.17, 15) is 4.79 Å². The molecule has 4 heteroatoms. The summed E-state index contributed by atoms with van der Waals surface area (Å²) in [6, 6.07) is 0. The van der Waals surface area contributed by atoms with Gasteiger partial charge in [0.25, 0.3) is 0 Å². The molecule has 2 heterocycles. The molecule has 1 aliphatic rings. The number of piperidine rings is 1. The molecule has 4 nitrogen and oxygen atoms in total. The number of carbonyl (C=O) groups excluding carboxylic acids is 1. The Balaban J connectivity index is 2.17. The van der Waals surface area contributed by atoms with E-state index < -0.39 is 0 Å². The van der Waals surface area contributed by atoms with Gasteiger partial charge in [0.05, 0.1) is 11.3 Å². The zero-order valence-corrected chi connectivity index (χ0v) is 11.8. The average Bonchev–Trinajstić information content (AvgIpc) is 2.63. The minimum Gasteiger partial charge on any atom is -0.356 e. The van der Waals surface area contributed by atoms with Gasteiger partial charge in [-0.25, -0.2) is 0 Å². The Bertz CT molecular complexity index is 428. The summed E-state index contributed by atoms with van der Waals surface area (Å²) in [5, 5.41) is 4.35. The van der Waals surface area contributed by atoms with Gasteiger partial charge in [-0.3, -0.25) is 9.48 Å². The SMILES string of the molecule is Cc1nn(C)c(N2CCC(C(C)C)CC2)c1C=O. The first-order valence-corrected chi connectivity index (χ1v) is 6.78. The van der Waals surface area contributed by atoms with E-state index in [0.29, 0.717) is 0 Å². The minimum atomic E-state index is 0.750. The summed E-state index contributed by atoms with van der Waals surface area (Å²) in [6.45, 7) is 8.55. The van der Waals surface area contributed by atoms with Gasteiger partial charge in [-0.15, -0.1) is 0 Å². The van der Waals surface area contributed by atoms with E-state index in [1.54, 1.807) is 0 Å². The van der Waals surface area contributed by atoms with Gasteiger partial charge in [0.15, 0.2) is 6.29 Å². The van der Waals surface area contributed by atoms with E-state index in [-0.39, 0.29) is 0 Å². The lowest BCUT2D eigenvalue weighted by Gasteiger charge is -2.35. The molecule has 0 unspecified atom stereocenters. The second-order valence-electron chi connectivity index (χ2n) is 5.63. The van der Waals surface area contributed by atoms with Gasteiger partial charge < -0.3 is 4.90 Å². The molecular weight excluding hydrogens is 226 g/mol. The molecule has 0 amide bonds. The molecule has 1 saturated heterocycles. The van der Waals surface area contributed by atoms with Gasteiger partial charge in [0, 0.05) is 20.1 Å². The first-order valence-electron chi connectivity index (χ1n) is 6.78. The number of hydrogen-bond acceptors (Lipinski definition) is 3. The molecule has 1 aromatic heterocycles. The first kappa shape index (κ1) is 13.1. The zero-order valence-electron chi connectivity index (χ0n) is 11.8. The Hall–Kier alpha value is -1.32. The molecule has 0 radical (unpaired) electrons. The fraction of sp³-hybridized carbons (Fsp3) is 0.714. The van der Waals surface area contributed by atoms with Crippen LogP contribution in [0.5, 0.6) is 0 Å². The van der Waals surface area contributed by atoms with Crippen LogP contribution in [0.3, 0.4) is 0 Å². The number of carbonyl (C=O) groups is 1. The quantitative estimate of drug-likeness (QED) is 0.772. The van der Waals surface area contributed by atoms with E-state index in [1.807, 2.05) is 18.7 Å². The van der Waals surface area contributed by atoms with Gasteiger partial charge in [0.1, 0.15) is 5.82 Å². The van der Waals surface area contributed by atoms with Crippen LogP contribution in [0.25, 0.3) is 0 Å². The molecule has 1 aromatic rings. The standard InChI is InChI=1S/C14H23N3O/c1-10(2)12-5-7-17(8-6-12)14-13(9-18)11(3)15-16(14)4/h9-10,12H,5-8H2,1-4H3. The Kier molecular flexibility index (Phi) is 3.73. The molecule has 2 rings (SSSR count). The molecule has 0 atom stereocenters. The smallest absolute Gasteiger partial charge is 0.155 e. The molecule has 18 heavy (non-hydrogen) atoms. The van der Waals surface area contributed by atoms with E-state index >= 15 is 0 Å². The average molecular weight is 249 g/mol. The van der Waals surface area contributed by atoms with Crippen LogP contribution in [-0.2, 0) is 7.05 Å². The summed E-state index contributed by atoms with van der Waals surface area (Å²) in [6.07, 6.45) is 3.35. The van der Waals surface area contributed by atoms with Gasteiger partial charge in [-0.1, -0.05) is 13.8 Å². The summed E-state index contributed by atoms with van der Waals surface area (Å²) in [5.74, 6) is 2.56. The van der Waals surface area contributed by atoms with Crippen LogP contribution in [0.15, 0.2) is 0 Å². The van der Waals surface area contributed by atoms with Crippen LogP contribution in [0.4, 0.5) is 5.82 Å². The number of aromatic nitrogens is 2. The van der Waals surface area contributed by atoms with Crippen molar-refractivity contribution < 1.29 is 4.79 Å². The number of anilines is 1. The van der Waals surface area contributed by atoms with Gasteiger partial charge in [-0.05, 0) is 31.6 Å². The van der Waals surface area contributed by atoms with Crippen molar-refractivity contribution in [1.29, 1.82) is 0 Å². The van der Waals surface area contributed by atoms with Crippen LogP contribution < -0.4 is 4.90 Å². The summed E-state index contributed by atoms with van der Waals surface area (Å²) in [5.41, 5.74) is 1.58. The molecule has 0 saturated carbocycles. The highest BCUT2D eigenvalue weighted by Gasteiger charge is 2.25. The first-order chi connectivity index (χ1) is 8.54. The lowest BCUT2D eigenvalue weighted by Crippen LogP contribution is -2.36. The van der Waals surface area contributed by atoms with E-state index in [4.69, 9.17) is 0 Å². The Labute approximate surface area is 109 Å². The van der Waals surface area contributed by atoms with Crippen molar-refractivity contribution in [3.63, 3.8) is 0 Å². The number of aryl methyl sites for hydroxylation is 2. The lowest BCUT2D eigenvalue weighted by atomic mass is 9.86. The molecule has 0 aliphatic carbocycles. The second kappa shape index (κ2) is 5.12. The normalized spacial score (nSPS) is 17.5. The Morgan fingerprint density at radius 3 is 2.44 bits per heavy atom. The number of hydrogen-bond donors (Lipinski definition) is 0. The van der Waals surface area contributed by atoms with Crippen LogP contribution in [0.1, 0.15) is 42.7 Å². The van der Waals surface area contributed by atoms with Gasteiger partial charge in [-0.2, -0.15) is 5.10 Å². The summed E-state index contributed by atoms with van der Waals surface area (Å²) in [4.78, 5) is 13.5. The Morgan fingerprint density at radius 1 is 1.33 bits per heavy atom. The van der Waals surface area contributed by atoms with Crippen LogP contribution in [0.2, 0.25) is 0 Å². The molecule has 0 N–H and O–H groups in total. The largest absolute Gasteiger partial charge is 0.356 e. The third-order valence-corrected chi connectivity index (χ3v) is 4.14. The van der Waals surface area contributed by atoms with Crippen molar-refractivity contribution in [2.75, 3.05) is 18.0 Å². The highest BCUT2D eigenvalue weighted by Crippen LogP contribution is 2.29. The highest BCUT2D eigenvalue weighted by atomic mass is 16.1. The lowest BCUT2D eigenvalue weighted by molar-refractivity contribution is 0.112. The van der Waals surface area contributed by atoms with Crippen LogP contribution in [0, 0.1) is 18.8 Å². The molecule has 1 aliphatic heterocycles. The Morgan fingerprint density at radius 2 is 1.94 bits per heavy atom. The van der Waals surface area contributed by atoms with Crippen molar-refractivity contribution in [2.45, 2.75) is 33.6 Å². The van der Waals surface area contributed by atoms with E-state index in [1.165, 1.54) is 12.8 Å². The molecular formula is C14H23N3O. The van der Waals surface area contributed by atoms with Gasteiger partial charge in [0.2, 0.25) is 0 Å². The van der Waals surface area contributed by atoms with Crippen molar-refractivity contribution >= 4 is 12.1 Å². The number of aldehydes is 1. The third kappa shape index (κ3) is 2.28. The molecule has 0 bridgehead atoms. The minimum absolute atomic E-state index is 0.750.